The molecule has 0 unspecified atom stereocenters. The second-order valence-corrected chi connectivity index (χ2v) is 3.33. The van der Waals surface area contributed by atoms with Crippen molar-refractivity contribution in [2.24, 2.45) is 0 Å². The molecule has 81 valence electrons. The zero-order valence-corrected chi connectivity index (χ0v) is 11.0. The number of rotatable bonds is 1. The van der Waals surface area contributed by atoms with Gasteiger partial charge in [0.05, 0.1) is 12.0 Å². The molecule has 1 radical (unpaired) electrons. The maximum Gasteiger partial charge on any atom is 0.222 e. The molecule has 0 aromatic carbocycles. The molecule has 6 nitrogen and oxygen atoms in total. The van der Waals surface area contributed by atoms with Crippen LogP contribution in [0.4, 0.5) is 5.95 Å². The van der Waals surface area contributed by atoms with E-state index in [1.807, 2.05) is 13.8 Å². The summed E-state index contributed by atoms with van der Waals surface area (Å²) in [4.78, 5) is 21.5. The van der Waals surface area contributed by atoms with Crippen molar-refractivity contribution in [1.82, 2.24) is 19.5 Å². The van der Waals surface area contributed by atoms with Crippen LogP contribution in [-0.2, 0) is 20.4 Å². The van der Waals surface area contributed by atoms with Crippen molar-refractivity contribution in [2.75, 3.05) is 0 Å². The van der Waals surface area contributed by atoms with Crippen molar-refractivity contribution in [2.45, 2.75) is 19.9 Å². The first kappa shape index (κ1) is 11.9. The van der Waals surface area contributed by atoms with Gasteiger partial charge in [0, 0.05) is 32.4 Å². The van der Waals surface area contributed by atoms with Crippen LogP contribution in [0, 0.1) is 0 Å². The van der Waals surface area contributed by atoms with E-state index in [1.54, 1.807) is 10.9 Å². The van der Waals surface area contributed by atoms with Gasteiger partial charge in [0.25, 0.3) is 0 Å². The molecule has 15 heavy (non-hydrogen) atoms. The molecule has 2 heterocycles. The molecule has 2 rings (SSSR count). The predicted molar refractivity (Wildman–Crippen MR) is 52.5 cm³/mol. The Morgan fingerprint density at radius 1 is 1.53 bits per heavy atom. The van der Waals surface area contributed by atoms with Crippen molar-refractivity contribution >= 4 is 17.1 Å². The number of nitrogens with zero attached hydrogens (tertiary/aromatic N) is 3. The van der Waals surface area contributed by atoms with Gasteiger partial charge in [-0.1, -0.05) is 0 Å². The van der Waals surface area contributed by atoms with Gasteiger partial charge in [-0.3, -0.25) is 4.79 Å². The number of imidazole rings is 1. The number of aromatic nitrogens is 4. The summed E-state index contributed by atoms with van der Waals surface area (Å²) in [5, 5.41) is 0. The minimum Gasteiger partial charge on any atom is -0.411 e. The van der Waals surface area contributed by atoms with E-state index in [0.717, 1.165) is 0 Å². The first-order valence-electron chi connectivity index (χ1n) is 4.28. The Morgan fingerprint density at radius 2 is 2.20 bits per heavy atom. The topological polar surface area (TPSA) is 87.4 Å². The van der Waals surface area contributed by atoms with Crippen LogP contribution in [-0.4, -0.2) is 19.5 Å². The van der Waals surface area contributed by atoms with Crippen molar-refractivity contribution in [3.63, 3.8) is 0 Å². The van der Waals surface area contributed by atoms with Gasteiger partial charge in [0.2, 0.25) is 5.56 Å². The first-order valence-corrected chi connectivity index (χ1v) is 4.28. The average Bonchev–Trinajstić information content (AvgIpc) is 2.47. The van der Waals surface area contributed by atoms with E-state index in [0.29, 0.717) is 5.65 Å². The molecule has 0 atom stereocenters. The van der Waals surface area contributed by atoms with Crippen molar-refractivity contribution < 1.29 is 20.4 Å². The maximum absolute atomic E-state index is 11.3. The van der Waals surface area contributed by atoms with Crippen molar-refractivity contribution in [3.05, 3.63) is 22.4 Å². The summed E-state index contributed by atoms with van der Waals surface area (Å²) in [7, 11) is 0. The molecule has 0 aliphatic rings. The van der Waals surface area contributed by atoms with E-state index in [-0.39, 0.29) is 43.5 Å². The minimum absolute atomic E-state index is 0. The first-order chi connectivity index (χ1) is 6.59. The number of fused-ring (bicyclic) bond motifs is 1. The number of hydrogen-bond acceptors (Lipinski definition) is 3. The van der Waals surface area contributed by atoms with Crippen LogP contribution in [0.2, 0.25) is 0 Å². The molecule has 0 saturated carbocycles. The third-order valence-electron chi connectivity index (χ3n) is 1.99. The van der Waals surface area contributed by atoms with Gasteiger partial charge in [-0.25, -0.2) is 4.98 Å². The molecule has 0 spiro atoms. The molecule has 2 aromatic heterocycles. The summed E-state index contributed by atoms with van der Waals surface area (Å²) in [6.07, 6.45) is 1.57. The van der Waals surface area contributed by atoms with E-state index < -0.39 is 0 Å². The van der Waals surface area contributed by atoms with Crippen molar-refractivity contribution in [1.29, 1.82) is 0 Å². The molecule has 0 bridgehead atoms. The molecular weight excluding hydrogens is 368 g/mol. The van der Waals surface area contributed by atoms with Gasteiger partial charge in [0.15, 0.2) is 0 Å². The SMILES string of the molecule is CC(C)n1cnc2c(=O)[nH]c([NH-])nc21.[Re]. The minimum atomic E-state index is -0.362. The van der Waals surface area contributed by atoms with Crippen LogP contribution in [0.25, 0.3) is 16.9 Å². The van der Waals surface area contributed by atoms with E-state index in [9.17, 15) is 4.79 Å². The summed E-state index contributed by atoms with van der Waals surface area (Å²) >= 11 is 0. The fraction of sp³-hybridized carbons (Fsp3) is 0.375. The third kappa shape index (κ3) is 1.94. The Hall–Kier alpha value is -1.19. The largest absolute Gasteiger partial charge is 0.411 e. The van der Waals surface area contributed by atoms with Crippen LogP contribution in [0.3, 0.4) is 0 Å². The zero-order chi connectivity index (χ0) is 10.3. The van der Waals surface area contributed by atoms with Crippen LogP contribution >= 0.6 is 0 Å². The summed E-state index contributed by atoms with van der Waals surface area (Å²) in [6, 6.07) is 0.175. The number of nitrogens with one attached hydrogen (secondary N) is 2. The molecule has 0 amide bonds. The van der Waals surface area contributed by atoms with Gasteiger partial charge in [-0.2, -0.15) is 0 Å². The number of hydrogen-bond donors (Lipinski definition) is 1. The van der Waals surface area contributed by atoms with Crippen LogP contribution in [0.1, 0.15) is 19.9 Å². The van der Waals surface area contributed by atoms with Crippen molar-refractivity contribution in [3.8, 4) is 0 Å². The Kier molecular flexibility index (Phi) is 3.27. The Balaban J connectivity index is 0.00000112. The van der Waals surface area contributed by atoms with Gasteiger partial charge in [-0.05, 0) is 13.8 Å². The molecule has 0 aliphatic heterocycles. The summed E-state index contributed by atoms with van der Waals surface area (Å²) in [6.45, 7) is 3.93. The van der Waals surface area contributed by atoms with Gasteiger partial charge in [-0.15, -0.1) is 0 Å². The zero-order valence-electron chi connectivity index (χ0n) is 8.28. The van der Waals surface area contributed by atoms with Gasteiger partial charge in [0.1, 0.15) is 5.52 Å². The predicted octanol–water partition coefficient (Wildman–Crippen LogP) is 1.38. The normalized spacial score (nSPS) is 10.6. The van der Waals surface area contributed by atoms with E-state index >= 15 is 0 Å². The summed E-state index contributed by atoms with van der Waals surface area (Å²) in [5.74, 6) is -0.134. The molecule has 2 aromatic rings. The van der Waals surface area contributed by atoms with Gasteiger partial charge < -0.3 is 20.3 Å². The quantitative estimate of drug-likeness (QED) is 0.813. The molecule has 0 fully saturated rings. The van der Waals surface area contributed by atoms with E-state index in [2.05, 4.69) is 15.0 Å². The molecule has 2 N–H and O–H groups in total. The van der Waals surface area contributed by atoms with Crippen LogP contribution < -0.4 is 5.56 Å². The van der Waals surface area contributed by atoms with Crippen LogP contribution in [0.15, 0.2) is 11.1 Å². The summed E-state index contributed by atoms with van der Waals surface area (Å²) in [5.41, 5.74) is 7.68. The monoisotopic (exact) mass is 379 g/mol. The molecule has 0 aliphatic carbocycles. The Morgan fingerprint density at radius 3 is 2.80 bits per heavy atom. The molecule has 7 heteroatoms. The second kappa shape index (κ2) is 4.13. The van der Waals surface area contributed by atoms with E-state index in [4.69, 9.17) is 5.73 Å². The molecule has 0 saturated heterocycles. The standard InChI is InChI=1S/C8H11N5O.Re/c1-4(2)13-3-10-5-6(13)11-8(9)12-7(5)14;/h3-4H,1-2H3,(H3,9,11,12,14);/p-1. The summed E-state index contributed by atoms with van der Waals surface area (Å²) < 4.78 is 1.77. The van der Waals surface area contributed by atoms with Gasteiger partial charge >= 0.3 is 0 Å². The maximum atomic E-state index is 11.3. The third-order valence-corrected chi connectivity index (χ3v) is 1.99. The fourth-order valence-corrected chi connectivity index (χ4v) is 1.30. The fourth-order valence-electron chi connectivity index (χ4n) is 1.30. The number of aromatic amines is 1. The average molecular weight is 378 g/mol. The Bertz CT molecular complexity index is 529. The smallest absolute Gasteiger partial charge is 0.222 e. The van der Waals surface area contributed by atoms with Crippen LogP contribution in [0.5, 0.6) is 0 Å². The Labute approximate surface area is 99.6 Å². The number of H-pyrrole nitrogens is 1. The molecular formula is C8H10N5ORe-. The van der Waals surface area contributed by atoms with E-state index in [1.165, 1.54) is 0 Å². The second-order valence-electron chi connectivity index (χ2n) is 3.33.